The number of H-pyrrole nitrogens is 1. The molecule has 6 heteroatoms. The zero-order valence-electron chi connectivity index (χ0n) is 18.9. The van der Waals surface area contributed by atoms with Crippen molar-refractivity contribution in [1.29, 1.82) is 0 Å². The van der Waals surface area contributed by atoms with E-state index in [1.165, 1.54) is 24.2 Å². The third kappa shape index (κ3) is 3.96. The minimum atomic E-state index is 0.281. The van der Waals surface area contributed by atoms with Crippen LogP contribution in [0.4, 0.5) is 0 Å². The maximum Gasteiger partial charge on any atom is 0.231 e. The van der Waals surface area contributed by atoms with E-state index < -0.39 is 0 Å². The van der Waals surface area contributed by atoms with E-state index in [4.69, 9.17) is 9.47 Å². The lowest BCUT2D eigenvalue weighted by atomic mass is 10.0. The minimum absolute atomic E-state index is 0.281. The largest absolute Gasteiger partial charge is 0.454 e. The van der Waals surface area contributed by atoms with Crippen molar-refractivity contribution in [3.8, 4) is 33.8 Å². The van der Waals surface area contributed by atoms with E-state index in [2.05, 4.69) is 63.1 Å². The molecule has 33 heavy (non-hydrogen) atoms. The SMILES string of the molecule is CCN1CCN(Cc2ccc(-c3cnc4[nH]cc(-c5ccc6c(c5)OCO6)c4c3)cc2)CC1. The number of hydrogen-bond donors (Lipinski definition) is 1. The molecule has 0 spiro atoms. The highest BCUT2D eigenvalue weighted by Gasteiger charge is 2.17. The Hall–Kier alpha value is -3.35. The topological polar surface area (TPSA) is 53.6 Å². The number of pyridine rings is 1. The second-order valence-electron chi connectivity index (χ2n) is 8.80. The Morgan fingerprint density at radius 1 is 0.848 bits per heavy atom. The van der Waals surface area contributed by atoms with Crippen molar-refractivity contribution >= 4 is 11.0 Å². The maximum absolute atomic E-state index is 5.56. The van der Waals surface area contributed by atoms with Crippen LogP contribution in [0, 0.1) is 0 Å². The van der Waals surface area contributed by atoms with Gasteiger partial charge in [0.15, 0.2) is 11.5 Å². The van der Waals surface area contributed by atoms with Gasteiger partial charge in [0, 0.05) is 61.6 Å². The van der Waals surface area contributed by atoms with Crippen LogP contribution >= 0.6 is 0 Å². The molecule has 1 fully saturated rings. The summed E-state index contributed by atoms with van der Waals surface area (Å²) in [5, 5.41) is 1.10. The van der Waals surface area contributed by atoms with Gasteiger partial charge < -0.3 is 19.4 Å². The summed E-state index contributed by atoms with van der Waals surface area (Å²) in [5.74, 6) is 1.59. The monoisotopic (exact) mass is 440 g/mol. The van der Waals surface area contributed by atoms with E-state index in [1.54, 1.807) is 0 Å². The number of fused-ring (bicyclic) bond motifs is 2. The second kappa shape index (κ2) is 8.54. The summed E-state index contributed by atoms with van der Waals surface area (Å²) in [6.45, 7) is 9.32. The highest BCUT2D eigenvalue weighted by Crippen LogP contribution is 2.38. The number of piperazine rings is 1. The highest BCUT2D eigenvalue weighted by molar-refractivity contribution is 5.96. The molecule has 1 saturated heterocycles. The van der Waals surface area contributed by atoms with Crippen molar-refractivity contribution in [3.63, 3.8) is 0 Å². The molecule has 4 aromatic rings. The first-order valence-corrected chi connectivity index (χ1v) is 11.7. The van der Waals surface area contributed by atoms with E-state index in [-0.39, 0.29) is 6.79 Å². The molecule has 1 N–H and O–H groups in total. The van der Waals surface area contributed by atoms with Crippen LogP contribution in [0.5, 0.6) is 11.5 Å². The molecule has 168 valence electrons. The van der Waals surface area contributed by atoms with Gasteiger partial charge >= 0.3 is 0 Å². The molecular weight excluding hydrogens is 412 g/mol. The van der Waals surface area contributed by atoms with Crippen molar-refractivity contribution in [2.75, 3.05) is 39.5 Å². The van der Waals surface area contributed by atoms with Crippen molar-refractivity contribution in [2.45, 2.75) is 13.5 Å². The summed E-state index contributed by atoms with van der Waals surface area (Å²) in [5.41, 5.74) is 6.74. The summed E-state index contributed by atoms with van der Waals surface area (Å²) < 4.78 is 11.0. The Kier molecular flexibility index (Phi) is 5.24. The fourth-order valence-corrected chi connectivity index (χ4v) is 4.79. The summed E-state index contributed by atoms with van der Waals surface area (Å²) in [4.78, 5) is 13.0. The molecule has 0 amide bonds. The van der Waals surface area contributed by atoms with Gasteiger partial charge in [-0.05, 0) is 41.4 Å². The van der Waals surface area contributed by atoms with E-state index >= 15 is 0 Å². The van der Waals surface area contributed by atoms with Gasteiger partial charge in [-0.3, -0.25) is 4.90 Å². The first-order chi connectivity index (χ1) is 16.3. The van der Waals surface area contributed by atoms with Gasteiger partial charge in [-0.25, -0.2) is 4.98 Å². The van der Waals surface area contributed by atoms with Gasteiger partial charge in [-0.2, -0.15) is 0 Å². The summed E-state index contributed by atoms with van der Waals surface area (Å²) >= 11 is 0. The Bertz CT molecular complexity index is 1270. The molecule has 2 aromatic heterocycles. The number of rotatable bonds is 5. The Labute approximate surface area is 193 Å². The van der Waals surface area contributed by atoms with Gasteiger partial charge in [0.25, 0.3) is 0 Å². The molecule has 2 aliphatic heterocycles. The van der Waals surface area contributed by atoms with Crippen LogP contribution in [0.25, 0.3) is 33.3 Å². The van der Waals surface area contributed by atoms with Gasteiger partial charge in [-0.1, -0.05) is 37.3 Å². The number of nitrogens with zero attached hydrogens (tertiary/aromatic N) is 3. The van der Waals surface area contributed by atoms with Gasteiger partial charge in [0.05, 0.1) is 0 Å². The third-order valence-corrected chi connectivity index (χ3v) is 6.82. The van der Waals surface area contributed by atoms with Crippen LogP contribution in [-0.2, 0) is 6.54 Å². The van der Waals surface area contributed by atoms with Crippen LogP contribution in [-0.4, -0.2) is 59.3 Å². The van der Waals surface area contributed by atoms with Gasteiger partial charge in [0.1, 0.15) is 5.65 Å². The number of likely N-dealkylation sites (N-methyl/N-ethyl adjacent to an activating group) is 1. The molecule has 0 unspecified atom stereocenters. The first-order valence-electron chi connectivity index (χ1n) is 11.7. The molecule has 0 bridgehead atoms. The number of nitrogens with one attached hydrogen (secondary N) is 1. The van der Waals surface area contributed by atoms with Gasteiger partial charge in [0.2, 0.25) is 6.79 Å². The highest BCUT2D eigenvalue weighted by atomic mass is 16.7. The Balaban J connectivity index is 1.23. The van der Waals surface area contributed by atoms with E-state index in [0.717, 1.165) is 65.4 Å². The van der Waals surface area contributed by atoms with Crippen molar-refractivity contribution in [1.82, 2.24) is 19.8 Å². The molecule has 0 aliphatic carbocycles. The smallest absolute Gasteiger partial charge is 0.231 e. The zero-order valence-corrected chi connectivity index (χ0v) is 18.9. The lowest BCUT2D eigenvalue weighted by molar-refractivity contribution is 0.132. The lowest BCUT2D eigenvalue weighted by Gasteiger charge is -2.34. The zero-order chi connectivity index (χ0) is 22.2. The average Bonchev–Trinajstić information content (AvgIpc) is 3.51. The van der Waals surface area contributed by atoms with Crippen LogP contribution < -0.4 is 9.47 Å². The number of ether oxygens (including phenoxy) is 2. The summed E-state index contributed by atoms with van der Waals surface area (Å²) in [6, 6.07) is 17.2. The fraction of sp³-hybridized carbons (Fsp3) is 0.296. The Morgan fingerprint density at radius 3 is 2.42 bits per heavy atom. The van der Waals surface area contributed by atoms with E-state index in [9.17, 15) is 0 Å². The minimum Gasteiger partial charge on any atom is -0.454 e. The predicted octanol–water partition coefficient (Wildman–Crippen LogP) is 4.76. The van der Waals surface area contributed by atoms with Crippen molar-refractivity contribution < 1.29 is 9.47 Å². The second-order valence-corrected chi connectivity index (χ2v) is 8.80. The van der Waals surface area contributed by atoms with Crippen molar-refractivity contribution in [2.24, 2.45) is 0 Å². The van der Waals surface area contributed by atoms with Crippen LogP contribution in [0.15, 0.2) is 60.9 Å². The standard InChI is InChI=1S/C27H28N4O2/c1-2-30-9-11-31(12-10-30)17-19-3-5-20(6-4-19)22-13-23-24(16-29-27(23)28-15-22)21-7-8-25-26(14-21)33-18-32-25/h3-8,13-16H,2,9-12,17-18H2,1H3,(H,28,29). The maximum atomic E-state index is 5.56. The first kappa shape index (κ1) is 20.3. The average molecular weight is 441 g/mol. The van der Waals surface area contributed by atoms with Crippen LogP contribution in [0.3, 0.4) is 0 Å². The molecule has 0 saturated carbocycles. The summed E-state index contributed by atoms with van der Waals surface area (Å²) in [6.07, 6.45) is 3.96. The third-order valence-electron chi connectivity index (χ3n) is 6.82. The fourth-order valence-electron chi connectivity index (χ4n) is 4.79. The number of aromatic amines is 1. The predicted molar refractivity (Wildman–Crippen MR) is 130 cm³/mol. The Morgan fingerprint density at radius 2 is 1.61 bits per heavy atom. The molecular formula is C27H28N4O2. The van der Waals surface area contributed by atoms with E-state index in [1.807, 2.05) is 24.5 Å². The lowest BCUT2D eigenvalue weighted by Crippen LogP contribution is -2.45. The number of aromatic nitrogens is 2. The molecule has 0 atom stereocenters. The normalized spacial score (nSPS) is 16.5. The van der Waals surface area contributed by atoms with Crippen LogP contribution in [0.2, 0.25) is 0 Å². The van der Waals surface area contributed by atoms with Gasteiger partial charge in [-0.15, -0.1) is 0 Å². The molecule has 6 nitrogen and oxygen atoms in total. The number of benzene rings is 2. The quantitative estimate of drug-likeness (QED) is 0.485. The van der Waals surface area contributed by atoms with Crippen LogP contribution in [0.1, 0.15) is 12.5 Å². The molecule has 2 aliphatic rings. The molecule has 0 radical (unpaired) electrons. The molecule has 6 rings (SSSR count). The summed E-state index contributed by atoms with van der Waals surface area (Å²) in [7, 11) is 0. The molecule has 2 aromatic carbocycles. The van der Waals surface area contributed by atoms with E-state index in [0.29, 0.717) is 0 Å². The number of hydrogen-bond acceptors (Lipinski definition) is 5. The molecule has 4 heterocycles. The van der Waals surface area contributed by atoms with Crippen molar-refractivity contribution in [3.05, 3.63) is 66.5 Å².